The Morgan fingerprint density at radius 1 is 0.933 bits per heavy atom. The van der Waals surface area contributed by atoms with Crippen LogP contribution in [0.25, 0.3) is 0 Å². The van der Waals surface area contributed by atoms with E-state index in [9.17, 15) is 14.4 Å². The molecule has 0 radical (unpaired) electrons. The molecule has 0 atom stereocenters. The molecule has 15 heavy (non-hydrogen) atoms. The third-order valence-electron chi connectivity index (χ3n) is 1.24. The van der Waals surface area contributed by atoms with Crippen LogP contribution >= 0.6 is 0 Å². The molecule has 3 N–H and O–H groups in total. The summed E-state index contributed by atoms with van der Waals surface area (Å²) in [6.45, 7) is 1.17. The summed E-state index contributed by atoms with van der Waals surface area (Å²) in [6.07, 6.45) is 1.20. The molecule has 0 aromatic rings. The molecule has 7 heteroatoms. The van der Waals surface area contributed by atoms with E-state index in [-0.39, 0.29) is 35.1 Å². The van der Waals surface area contributed by atoms with E-state index >= 15 is 0 Å². The zero-order chi connectivity index (χ0) is 11.3. The van der Waals surface area contributed by atoms with E-state index < -0.39 is 23.5 Å². The molecule has 0 saturated carbocycles. The predicted molar refractivity (Wildman–Crippen MR) is 51.9 cm³/mol. The van der Waals surface area contributed by atoms with Gasteiger partial charge in [0, 0.05) is 11.6 Å². The van der Waals surface area contributed by atoms with E-state index in [4.69, 9.17) is 15.3 Å². The van der Waals surface area contributed by atoms with Crippen molar-refractivity contribution >= 4 is 47.5 Å². The molecule has 0 unspecified atom stereocenters. The van der Waals surface area contributed by atoms with Gasteiger partial charge in [-0.3, -0.25) is 0 Å². The number of hydrogen-bond acceptors (Lipinski definition) is 3. The van der Waals surface area contributed by atoms with E-state index in [1.54, 1.807) is 0 Å². The van der Waals surface area contributed by atoms with Crippen LogP contribution in [0.4, 0.5) is 0 Å². The van der Waals surface area contributed by atoms with Gasteiger partial charge in [-0.15, -0.1) is 0 Å². The number of carbonyl (C=O) groups is 3. The van der Waals surface area contributed by atoms with Crippen molar-refractivity contribution in [3.05, 3.63) is 23.3 Å². The van der Waals surface area contributed by atoms with Gasteiger partial charge in [0.05, 0.1) is 5.57 Å². The number of carboxylic acids is 3. The van der Waals surface area contributed by atoms with Crippen molar-refractivity contribution < 1.29 is 29.7 Å². The Hall–Kier alpha value is -1.11. The van der Waals surface area contributed by atoms with Crippen molar-refractivity contribution in [3.8, 4) is 0 Å². The zero-order valence-electron chi connectivity index (χ0n) is 7.22. The maximum absolute atomic E-state index is 10.4. The summed E-state index contributed by atoms with van der Waals surface area (Å²) in [5.74, 6) is -4.24. The topological polar surface area (TPSA) is 112 Å². The van der Waals surface area contributed by atoms with E-state index in [1.807, 2.05) is 0 Å². The summed E-state index contributed by atoms with van der Waals surface area (Å²) in [5.41, 5.74) is -0.836. The third kappa shape index (κ3) is 6.89. The Bertz CT molecular complexity index is 341. The predicted octanol–water partition coefficient (Wildman–Crippen LogP) is -0.536. The van der Waals surface area contributed by atoms with Crippen molar-refractivity contribution in [2.75, 3.05) is 0 Å². The molecule has 0 aromatic heterocycles. The summed E-state index contributed by atoms with van der Waals surface area (Å²) >= 11 is 0. The van der Waals surface area contributed by atoms with Gasteiger partial charge >= 0.3 is 47.5 Å². The Morgan fingerprint density at radius 2 is 1.40 bits per heavy atom. The SMILES string of the molecule is CC(=CC(=CC(=O)O)C(=O)O)C(=O)O.[NaH]. The van der Waals surface area contributed by atoms with Crippen molar-refractivity contribution in [1.82, 2.24) is 0 Å². The quantitative estimate of drug-likeness (QED) is 0.336. The van der Waals surface area contributed by atoms with Crippen LogP contribution in [0.5, 0.6) is 0 Å². The van der Waals surface area contributed by atoms with Gasteiger partial charge in [0.15, 0.2) is 0 Å². The zero-order valence-corrected chi connectivity index (χ0v) is 7.22. The Balaban J connectivity index is 0. The second-order valence-electron chi connectivity index (χ2n) is 2.38. The molecule has 0 aliphatic carbocycles. The van der Waals surface area contributed by atoms with Crippen LogP contribution in [-0.2, 0) is 14.4 Å². The molecule has 0 rings (SSSR count). The third-order valence-corrected chi connectivity index (χ3v) is 1.24. The first-order valence-corrected chi connectivity index (χ1v) is 3.44. The molecule has 0 fully saturated rings. The fourth-order valence-electron chi connectivity index (χ4n) is 0.593. The summed E-state index contributed by atoms with van der Waals surface area (Å²) in [4.78, 5) is 30.9. The number of rotatable bonds is 4. The normalized spacial score (nSPS) is 11.5. The molecule has 78 valence electrons. The molecule has 0 spiro atoms. The van der Waals surface area contributed by atoms with Gasteiger partial charge < -0.3 is 15.3 Å². The van der Waals surface area contributed by atoms with Gasteiger partial charge in [-0.2, -0.15) is 0 Å². The summed E-state index contributed by atoms with van der Waals surface area (Å²) in [5, 5.41) is 25.2. The summed E-state index contributed by atoms with van der Waals surface area (Å²) < 4.78 is 0. The second-order valence-corrected chi connectivity index (χ2v) is 2.38. The van der Waals surface area contributed by atoms with Crippen LogP contribution in [0.2, 0.25) is 0 Å². The van der Waals surface area contributed by atoms with Crippen molar-refractivity contribution in [1.29, 1.82) is 0 Å². The van der Waals surface area contributed by atoms with E-state index in [1.165, 1.54) is 6.92 Å². The molecule has 6 nitrogen and oxygen atoms in total. The molecular weight excluding hydrogens is 215 g/mol. The minimum atomic E-state index is -1.49. The maximum atomic E-state index is 10.4. The average Bonchev–Trinajstić information content (AvgIpc) is 2.01. The van der Waals surface area contributed by atoms with Crippen molar-refractivity contribution in [2.45, 2.75) is 6.92 Å². The molecular formula is C8H9NaO6. The second kappa shape index (κ2) is 7.22. The monoisotopic (exact) mass is 224 g/mol. The molecule has 0 saturated heterocycles. The summed E-state index contributed by atoms with van der Waals surface area (Å²) in [7, 11) is 0. The van der Waals surface area contributed by atoms with Gasteiger partial charge in [0.1, 0.15) is 0 Å². The van der Waals surface area contributed by atoms with Crippen molar-refractivity contribution in [3.63, 3.8) is 0 Å². The molecule has 0 bridgehead atoms. The first-order chi connectivity index (χ1) is 6.34. The number of aliphatic carboxylic acids is 3. The Morgan fingerprint density at radius 3 is 1.67 bits per heavy atom. The van der Waals surface area contributed by atoms with Crippen LogP contribution in [0, 0.1) is 0 Å². The van der Waals surface area contributed by atoms with E-state index in [0.717, 1.165) is 6.08 Å². The van der Waals surface area contributed by atoms with E-state index in [2.05, 4.69) is 0 Å². The first kappa shape index (κ1) is 16.3. The molecule has 0 amide bonds. The van der Waals surface area contributed by atoms with Gasteiger partial charge in [-0.25, -0.2) is 14.4 Å². The van der Waals surface area contributed by atoms with Gasteiger partial charge in [-0.1, -0.05) is 0 Å². The number of carboxylic acid groups (broad SMARTS) is 3. The fourth-order valence-corrected chi connectivity index (χ4v) is 0.593. The number of hydrogen-bond donors (Lipinski definition) is 3. The minimum absolute atomic E-state index is 0. The average molecular weight is 224 g/mol. The van der Waals surface area contributed by atoms with Crippen LogP contribution in [0.15, 0.2) is 23.3 Å². The van der Waals surface area contributed by atoms with Gasteiger partial charge in [0.25, 0.3) is 0 Å². The summed E-state index contributed by atoms with van der Waals surface area (Å²) in [6, 6.07) is 0. The molecule has 0 aliphatic heterocycles. The molecule has 0 aliphatic rings. The molecule has 0 heterocycles. The van der Waals surface area contributed by atoms with Gasteiger partial charge in [0.2, 0.25) is 0 Å². The first-order valence-electron chi connectivity index (χ1n) is 3.44. The molecule has 0 aromatic carbocycles. The van der Waals surface area contributed by atoms with Crippen molar-refractivity contribution in [2.24, 2.45) is 0 Å². The standard InChI is InChI=1S/C8H8O6.Na.H/c1-4(7(11)12)2-5(8(13)14)3-6(9)10;;/h2-3H,1H3,(H,9,10)(H,11,12)(H,13,14);;. The van der Waals surface area contributed by atoms with Gasteiger partial charge in [-0.05, 0) is 13.0 Å². The van der Waals surface area contributed by atoms with E-state index in [0.29, 0.717) is 6.08 Å². The van der Waals surface area contributed by atoms with Crippen LogP contribution in [0.1, 0.15) is 6.92 Å². The fraction of sp³-hybridized carbons (Fsp3) is 0.125. The Kier molecular flexibility index (Phi) is 7.85. The van der Waals surface area contributed by atoms with Crippen LogP contribution in [0.3, 0.4) is 0 Å². The van der Waals surface area contributed by atoms with Crippen LogP contribution < -0.4 is 0 Å². The van der Waals surface area contributed by atoms with Crippen LogP contribution in [-0.4, -0.2) is 62.8 Å². The Labute approximate surface area is 107 Å².